The van der Waals surface area contributed by atoms with Crippen LogP contribution in [0.5, 0.6) is 0 Å². The monoisotopic (exact) mass is 355 g/mol. The van der Waals surface area contributed by atoms with Crippen molar-refractivity contribution in [2.24, 2.45) is 5.92 Å². The van der Waals surface area contributed by atoms with Gasteiger partial charge in [0.05, 0.1) is 12.9 Å². The minimum atomic E-state index is -0.343. The summed E-state index contributed by atoms with van der Waals surface area (Å²) in [7, 11) is 0. The Morgan fingerprint density at radius 2 is 2.08 bits per heavy atom. The highest BCUT2D eigenvalue weighted by Crippen LogP contribution is 2.35. The van der Waals surface area contributed by atoms with Crippen LogP contribution in [0, 0.1) is 12.8 Å². The molecule has 2 heterocycles. The van der Waals surface area contributed by atoms with Gasteiger partial charge in [-0.2, -0.15) is 0 Å². The average molecular weight is 355 g/mol. The van der Waals surface area contributed by atoms with Gasteiger partial charge in [-0.15, -0.1) is 0 Å². The Morgan fingerprint density at radius 3 is 2.81 bits per heavy atom. The lowest BCUT2D eigenvalue weighted by Gasteiger charge is -2.20. The number of furan rings is 1. The highest BCUT2D eigenvalue weighted by Gasteiger charge is 2.33. The van der Waals surface area contributed by atoms with Gasteiger partial charge in [0.2, 0.25) is 0 Å². The second kappa shape index (κ2) is 7.14. The maximum atomic E-state index is 12.6. The molecule has 0 amide bonds. The molecule has 1 atom stereocenters. The number of nitrogens with one attached hydrogen (secondary N) is 1. The summed E-state index contributed by atoms with van der Waals surface area (Å²) in [5.74, 6) is 1.03. The molecule has 1 saturated carbocycles. The number of ketones is 1. The minimum Gasteiger partial charge on any atom is -0.469 e. The lowest BCUT2D eigenvalue weighted by atomic mass is 9.84. The summed E-state index contributed by atoms with van der Waals surface area (Å²) in [6, 6.07) is 3.74. The lowest BCUT2D eigenvalue weighted by Crippen LogP contribution is -2.18. The largest absolute Gasteiger partial charge is 0.469 e. The van der Waals surface area contributed by atoms with Crippen molar-refractivity contribution < 1.29 is 18.7 Å². The molecular formula is C21H25NO4. The molecule has 0 bridgehead atoms. The smallest absolute Gasteiger partial charge is 0.355 e. The second-order valence-corrected chi connectivity index (χ2v) is 7.62. The average Bonchev–Trinajstić information content (AvgIpc) is 3.29. The van der Waals surface area contributed by atoms with Gasteiger partial charge in [-0.05, 0) is 49.8 Å². The number of rotatable bonds is 4. The molecule has 0 saturated heterocycles. The Balaban J connectivity index is 1.49. The molecule has 2 aromatic rings. The molecule has 138 valence electrons. The van der Waals surface area contributed by atoms with E-state index in [9.17, 15) is 9.59 Å². The van der Waals surface area contributed by atoms with Gasteiger partial charge in [0.25, 0.3) is 0 Å². The zero-order valence-corrected chi connectivity index (χ0v) is 15.2. The summed E-state index contributed by atoms with van der Waals surface area (Å²) in [6.07, 6.45) is 8.71. The van der Waals surface area contributed by atoms with Crippen LogP contribution < -0.4 is 0 Å². The molecule has 0 aromatic carbocycles. The molecule has 1 fully saturated rings. The van der Waals surface area contributed by atoms with E-state index in [0.717, 1.165) is 29.9 Å². The van der Waals surface area contributed by atoms with Gasteiger partial charge in [0, 0.05) is 23.6 Å². The fourth-order valence-corrected chi connectivity index (χ4v) is 4.38. The molecule has 0 aliphatic heterocycles. The number of fused-ring (bicyclic) bond motifs is 1. The number of Topliss-reactive ketones (excluding diaryl/α,β-unsaturated/α-hetero) is 1. The van der Waals surface area contributed by atoms with Crippen LogP contribution in [0.3, 0.4) is 0 Å². The predicted octanol–water partition coefficient (Wildman–Crippen LogP) is 4.57. The molecule has 26 heavy (non-hydrogen) atoms. The van der Waals surface area contributed by atoms with Crippen molar-refractivity contribution in [3.05, 3.63) is 46.7 Å². The molecule has 2 aliphatic carbocycles. The number of H-pyrrole nitrogens is 1. The van der Waals surface area contributed by atoms with E-state index in [1.54, 1.807) is 6.26 Å². The van der Waals surface area contributed by atoms with Crippen molar-refractivity contribution in [2.45, 2.75) is 57.8 Å². The summed E-state index contributed by atoms with van der Waals surface area (Å²) in [6.45, 7) is 2.31. The summed E-state index contributed by atoms with van der Waals surface area (Å²) in [5, 5.41) is 0. The number of aromatic nitrogens is 1. The van der Waals surface area contributed by atoms with Gasteiger partial charge in [-0.25, -0.2) is 4.79 Å². The first-order valence-electron chi connectivity index (χ1n) is 9.58. The number of ether oxygens (including phenoxy) is 1. The van der Waals surface area contributed by atoms with Gasteiger partial charge >= 0.3 is 5.97 Å². The van der Waals surface area contributed by atoms with Gasteiger partial charge in [-0.1, -0.05) is 19.3 Å². The van der Waals surface area contributed by atoms with Crippen molar-refractivity contribution in [2.75, 3.05) is 6.61 Å². The van der Waals surface area contributed by atoms with Crippen molar-refractivity contribution in [3.8, 4) is 0 Å². The van der Waals surface area contributed by atoms with E-state index in [1.807, 2.05) is 19.1 Å². The topological polar surface area (TPSA) is 72.3 Å². The first kappa shape index (κ1) is 17.1. The lowest BCUT2D eigenvalue weighted by molar-refractivity contribution is 0.0403. The summed E-state index contributed by atoms with van der Waals surface area (Å²) in [4.78, 5) is 28.4. The van der Waals surface area contributed by atoms with Crippen LogP contribution in [0.4, 0.5) is 0 Å². The van der Waals surface area contributed by atoms with E-state index in [2.05, 4.69) is 4.98 Å². The first-order chi connectivity index (χ1) is 12.6. The van der Waals surface area contributed by atoms with Gasteiger partial charge in [-0.3, -0.25) is 4.79 Å². The summed E-state index contributed by atoms with van der Waals surface area (Å²) < 4.78 is 11.0. The van der Waals surface area contributed by atoms with Crippen LogP contribution in [-0.4, -0.2) is 23.3 Å². The van der Waals surface area contributed by atoms with Crippen molar-refractivity contribution >= 4 is 11.8 Å². The van der Waals surface area contributed by atoms with Crippen LogP contribution in [0.25, 0.3) is 0 Å². The number of carbonyl (C=O) groups excluding carboxylic acids is 2. The normalized spacial score (nSPS) is 20.8. The Labute approximate surface area is 153 Å². The Hall–Kier alpha value is -2.30. The molecular weight excluding hydrogens is 330 g/mol. The molecule has 4 rings (SSSR count). The van der Waals surface area contributed by atoms with Crippen LogP contribution in [0.2, 0.25) is 0 Å². The predicted molar refractivity (Wildman–Crippen MR) is 96.5 cm³/mol. The molecule has 2 aliphatic rings. The molecule has 5 heteroatoms. The number of hydrogen-bond donors (Lipinski definition) is 1. The van der Waals surface area contributed by atoms with Crippen LogP contribution in [-0.2, 0) is 11.2 Å². The number of hydrogen-bond acceptors (Lipinski definition) is 4. The Morgan fingerprint density at radius 1 is 1.27 bits per heavy atom. The second-order valence-electron chi connectivity index (χ2n) is 7.62. The SMILES string of the molecule is Cc1c(C(=O)OCC2CCCCC2)[nH]c2c1C(=O)C[C@H](c1ccco1)C2. The molecule has 2 aromatic heterocycles. The molecule has 0 radical (unpaired) electrons. The Bertz CT molecular complexity index is 796. The minimum absolute atomic E-state index is 0.0224. The maximum absolute atomic E-state index is 12.6. The fourth-order valence-electron chi connectivity index (χ4n) is 4.38. The van der Waals surface area contributed by atoms with E-state index in [4.69, 9.17) is 9.15 Å². The van der Waals surface area contributed by atoms with Gasteiger partial charge < -0.3 is 14.1 Å². The van der Waals surface area contributed by atoms with Crippen molar-refractivity contribution in [1.29, 1.82) is 0 Å². The third-order valence-electron chi connectivity index (χ3n) is 5.81. The number of carbonyl (C=O) groups is 2. The quantitative estimate of drug-likeness (QED) is 0.816. The maximum Gasteiger partial charge on any atom is 0.355 e. The van der Waals surface area contributed by atoms with E-state index in [1.165, 1.54) is 19.3 Å². The fraction of sp³-hybridized carbons (Fsp3) is 0.524. The third-order valence-corrected chi connectivity index (χ3v) is 5.81. The first-order valence-corrected chi connectivity index (χ1v) is 9.58. The molecule has 1 N–H and O–H groups in total. The molecule has 0 unspecified atom stereocenters. The number of aromatic amines is 1. The highest BCUT2D eigenvalue weighted by atomic mass is 16.5. The third kappa shape index (κ3) is 3.22. The molecule has 5 nitrogen and oxygen atoms in total. The standard InChI is InChI=1S/C21H25NO4/c1-13-19-16(10-15(11-17(19)23)18-8-5-9-25-18)22-20(13)21(24)26-12-14-6-3-2-4-7-14/h5,8-9,14-15,22H,2-4,6-7,10-12H2,1H3/t15-/m1/s1. The molecule has 0 spiro atoms. The van der Waals surface area contributed by atoms with Crippen molar-refractivity contribution in [3.63, 3.8) is 0 Å². The van der Waals surface area contributed by atoms with E-state index in [-0.39, 0.29) is 17.7 Å². The van der Waals surface area contributed by atoms with Crippen LogP contribution >= 0.6 is 0 Å². The number of esters is 1. The zero-order chi connectivity index (χ0) is 18.1. The van der Waals surface area contributed by atoms with Crippen molar-refractivity contribution in [1.82, 2.24) is 4.98 Å². The highest BCUT2D eigenvalue weighted by molar-refractivity contribution is 6.03. The van der Waals surface area contributed by atoms with Crippen LogP contribution in [0.1, 0.15) is 82.3 Å². The summed E-state index contributed by atoms with van der Waals surface area (Å²) >= 11 is 0. The van der Waals surface area contributed by atoms with E-state index < -0.39 is 0 Å². The zero-order valence-electron chi connectivity index (χ0n) is 15.2. The Kier molecular flexibility index (Phi) is 4.70. The summed E-state index contributed by atoms with van der Waals surface area (Å²) in [5.41, 5.74) is 2.64. The van der Waals surface area contributed by atoms with E-state index >= 15 is 0 Å². The van der Waals surface area contributed by atoms with E-state index in [0.29, 0.717) is 36.6 Å². The van der Waals surface area contributed by atoms with Crippen LogP contribution in [0.15, 0.2) is 22.8 Å². The van der Waals surface area contributed by atoms with Gasteiger partial charge in [0.15, 0.2) is 5.78 Å². The van der Waals surface area contributed by atoms with Gasteiger partial charge in [0.1, 0.15) is 11.5 Å².